The molecule has 0 radical (unpaired) electrons. The summed E-state index contributed by atoms with van der Waals surface area (Å²) in [4.78, 5) is 27.4. The van der Waals surface area contributed by atoms with Crippen LogP contribution in [0.25, 0.3) is 11.0 Å². The number of carbonyl (C=O) groups is 2. The first-order valence-corrected chi connectivity index (χ1v) is 8.21. The summed E-state index contributed by atoms with van der Waals surface area (Å²) in [6.07, 6.45) is 3.50. The largest absolute Gasteiger partial charge is 0.481 e. The summed E-state index contributed by atoms with van der Waals surface area (Å²) >= 11 is 0. The molecular weight excluding hydrogens is 308 g/mol. The molecule has 0 aliphatic carbocycles. The third kappa shape index (κ3) is 4.31. The lowest BCUT2D eigenvalue weighted by atomic mass is 10.1. The van der Waals surface area contributed by atoms with Crippen molar-refractivity contribution in [2.24, 2.45) is 7.05 Å². The molecule has 2 aromatic rings. The fraction of sp³-hybridized carbons (Fsp3) is 0.529. The normalized spacial score (nSPS) is 11.0. The number of nitrogens with one attached hydrogen (secondary N) is 1. The van der Waals surface area contributed by atoms with Gasteiger partial charge in [-0.1, -0.05) is 12.8 Å². The van der Waals surface area contributed by atoms with E-state index in [1.54, 1.807) is 10.7 Å². The first-order valence-electron chi connectivity index (χ1n) is 8.21. The van der Waals surface area contributed by atoms with Crippen molar-refractivity contribution in [1.29, 1.82) is 0 Å². The zero-order chi connectivity index (χ0) is 17.7. The summed E-state index contributed by atoms with van der Waals surface area (Å²) in [5.41, 5.74) is 2.89. The van der Waals surface area contributed by atoms with Gasteiger partial charge in [-0.25, -0.2) is 4.98 Å². The highest BCUT2D eigenvalue weighted by Gasteiger charge is 2.17. The van der Waals surface area contributed by atoms with Crippen molar-refractivity contribution < 1.29 is 14.7 Å². The number of aromatic nitrogens is 3. The van der Waals surface area contributed by atoms with E-state index in [1.807, 2.05) is 20.9 Å². The quantitative estimate of drug-likeness (QED) is 0.723. The molecule has 0 bridgehead atoms. The van der Waals surface area contributed by atoms with E-state index < -0.39 is 5.97 Å². The molecule has 0 fully saturated rings. The molecule has 2 rings (SSSR count). The van der Waals surface area contributed by atoms with Crippen molar-refractivity contribution in [3.63, 3.8) is 0 Å². The van der Waals surface area contributed by atoms with Crippen molar-refractivity contribution in [1.82, 2.24) is 20.1 Å². The lowest BCUT2D eigenvalue weighted by Gasteiger charge is -2.08. The van der Waals surface area contributed by atoms with Gasteiger partial charge in [0.1, 0.15) is 0 Å². The molecule has 1 amide bonds. The van der Waals surface area contributed by atoms with Gasteiger partial charge in [-0.3, -0.25) is 14.3 Å². The van der Waals surface area contributed by atoms with Crippen molar-refractivity contribution >= 4 is 22.9 Å². The molecule has 0 spiro atoms. The van der Waals surface area contributed by atoms with Crippen LogP contribution in [0.15, 0.2) is 6.07 Å². The SMILES string of the molecule is Cc1cc(C(=O)NCCCCCCC(=O)O)c2c(C)nn(C)c2n1. The van der Waals surface area contributed by atoms with Gasteiger partial charge in [0.15, 0.2) is 5.65 Å². The minimum absolute atomic E-state index is 0.118. The molecule has 0 saturated carbocycles. The van der Waals surface area contributed by atoms with E-state index >= 15 is 0 Å². The number of carboxylic acids is 1. The molecule has 0 aliphatic heterocycles. The average molecular weight is 332 g/mol. The molecule has 0 unspecified atom stereocenters. The van der Waals surface area contributed by atoms with Gasteiger partial charge in [0.05, 0.1) is 16.6 Å². The maximum atomic E-state index is 12.5. The summed E-state index contributed by atoms with van der Waals surface area (Å²) < 4.78 is 1.69. The van der Waals surface area contributed by atoms with Crippen LogP contribution in [0.3, 0.4) is 0 Å². The van der Waals surface area contributed by atoms with Gasteiger partial charge in [-0.2, -0.15) is 5.10 Å². The fourth-order valence-corrected chi connectivity index (χ4v) is 2.80. The minimum Gasteiger partial charge on any atom is -0.481 e. The van der Waals surface area contributed by atoms with Crippen LogP contribution >= 0.6 is 0 Å². The summed E-state index contributed by atoms with van der Waals surface area (Å²) in [5.74, 6) is -0.876. The Morgan fingerprint density at radius 2 is 1.92 bits per heavy atom. The van der Waals surface area contributed by atoms with Gasteiger partial charge in [-0.05, 0) is 32.8 Å². The van der Waals surface area contributed by atoms with Crippen LogP contribution in [0, 0.1) is 13.8 Å². The van der Waals surface area contributed by atoms with Crippen molar-refractivity contribution in [2.45, 2.75) is 46.0 Å². The Hall–Kier alpha value is -2.44. The fourth-order valence-electron chi connectivity index (χ4n) is 2.80. The van der Waals surface area contributed by atoms with Gasteiger partial charge in [0.25, 0.3) is 5.91 Å². The lowest BCUT2D eigenvalue weighted by molar-refractivity contribution is -0.137. The molecule has 0 saturated heterocycles. The molecule has 0 aliphatic rings. The number of carboxylic acid groups (broad SMARTS) is 1. The monoisotopic (exact) mass is 332 g/mol. The number of hydrogen-bond acceptors (Lipinski definition) is 4. The highest BCUT2D eigenvalue weighted by Crippen LogP contribution is 2.21. The highest BCUT2D eigenvalue weighted by molar-refractivity contribution is 6.06. The average Bonchev–Trinajstić information content (AvgIpc) is 2.79. The number of fused-ring (bicyclic) bond motifs is 1. The van der Waals surface area contributed by atoms with Gasteiger partial charge >= 0.3 is 5.97 Å². The van der Waals surface area contributed by atoms with Gasteiger partial charge in [-0.15, -0.1) is 0 Å². The van der Waals surface area contributed by atoms with Crippen LogP contribution in [-0.2, 0) is 11.8 Å². The predicted molar refractivity (Wildman–Crippen MR) is 91.0 cm³/mol. The Balaban J connectivity index is 1.93. The Labute approximate surface area is 141 Å². The molecule has 7 heteroatoms. The van der Waals surface area contributed by atoms with Crippen LogP contribution in [0.5, 0.6) is 0 Å². The summed E-state index contributed by atoms with van der Waals surface area (Å²) in [6, 6.07) is 1.79. The molecule has 2 aromatic heterocycles. The van der Waals surface area contributed by atoms with E-state index in [-0.39, 0.29) is 12.3 Å². The Kier molecular flexibility index (Phi) is 5.89. The number of unbranched alkanes of at least 4 members (excludes halogenated alkanes) is 3. The zero-order valence-electron chi connectivity index (χ0n) is 14.4. The van der Waals surface area contributed by atoms with Crippen LogP contribution < -0.4 is 5.32 Å². The maximum absolute atomic E-state index is 12.5. The molecular formula is C17H24N4O3. The lowest BCUT2D eigenvalue weighted by Crippen LogP contribution is -2.25. The molecule has 2 N–H and O–H groups in total. The Morgan fingerprint density at radius 3 is 2.62 bits per heavy atom. The van der Waals surface area contributed by atoms with Crippen LogP contribution in [0.2, 0.25) is 0 Å². The second-order valence-corrected chi connectivity index (χ2v) is 6.03. The minimum atomic E-state index is -0.757. The number of aryl methyl sites for hydroxylation is 3. The van der Waals surface area contributed by atoms with E-state index in [0.717, 1.165) is 36.0 Å². The number of pyridine rings is 1. The van der Waals surface area contributed by atoms with Crippen LogP contribution in [-0.4, -0.2) is 38.3 Å². The number of rotatable bonds is 8. The van der Waals surface area contributed by atoms with E-state index in [4.69, 9.17) is 5.11 Å². The number of nitrogens with zero attached hydrogens (tertiary/aromatic N) is 3. The summed E-state index contributed by atoms with van der Waals surface area (Å²) in [5, 5.41) is 16.7. The Bertz CT molecular complexity index is 752. The number of amides is 1. The Morgan fingerprint density at radius 1 is 1.21 bits per heavy atom. The van der Waals surface area contributed by atoms with Crippen LogP contribution in [0.4, 0.5) is 0 Å². The van der Waals surface area contributed by atoms with Crippen LogP contribution in [0.1, 0.15) is 53.8 Å². The van der Waals surface area contributed by atoms with Gasteiger partial charge in [0, 0.05) is 25.7 Å². The van der Waals surface area contributed by atoms with Gasteiger partial charge < -0.3 is 10.4 Å². The number of hydrogen-bond donors (Lipinski definition) is 2. The first-order chi connectivity index (χ1) is 11.4. The van der Waals surface area contributed by atoms with E-state index in [2.05, 4.69) is 15.4 Å². The van der Waals surface area contributed by atoms with Gasteiger partial charge in [0.2, 0.25) is 0 Å². The number of carbonyl (C=O) groups excluding carboxylic acids is 1. The third-order valence-electron chi connectivity index (χ3n) is 3.94. The molecule has 0 atom stereocenters. The van der Waals surface area contributed by atoms with Crippen molar-refractivity contribution in [2.75, 3.05) is 6.54 Å². The first kappa shape index (κ1) is 17.9. The molecule has 7 nitrogen and oxygen atoms in total. The third-order valence-corrected chi connectivity index (χ3v) is 3.94. The zero-order valence-corrected chi connectivity index (χ0v) is 14.4. The summed E-state index contributed by atoms with van der Waals surface area (Å²) in [6.45, 7) is 4.31. The maximum Gasteiger partial charge on any atom is 0.303 e. The number of aliphatic carboxylic acids is 1. The molecule has 2 heterocycles. The van der Waals surface area contributed by atoms with E-state index in [9.17, 15) is 9.59 Å². The standard InChI is InChI=1S/C17H24N4O3/c1-11-10-13(15-12(2)20-21(3)16(15)19-11)17(24)18-9-7-5-4-6-8-14(22)23/h10H,4-9H2,1-3H3,(H,18,24)(H,22,23). The highest BCUT2D eigenvalue weighted by atomic mass is 16.4. The molecule has 0 aromatic carbocycles. The topological polar surface area (TPSA) is 97.1 Å². The molecule has 24 heavy (non-hydrogen) atoms. The van der Waals surface area contributed by atoms with Crippen molar-refractivity contribution in [3.05, 3.63) is 23.0 Å². The molecule has 130 valence electrons. The summed E-state index contributed by atoms with van der Waals surface area (Å²) in [7, 11) is 1.82. The smallest absolute Gasteiger partial charge is 0.303 e. The van der Waals surface area contributed by atoms with Crippen molar-refractivity contribution in [3.8, 4) is 0 Å². The second-order valence-electron chi connectivity index (χ2n) is 6.03. The predicted octanol–water partition coefficient (Wildman–Crippen LogP) is 2.35. The second kappa shape index (κ2) is 7.90. The van der Waals surface area contributed by atoms with E-state index in [1.165, 1.54) is 0 Å². The van der Waals surface area contributed by atoms with E-state index in [0.29, 0.717) is 24.2 Å².